The zero-order chi connectivity index (χ0) is 15.2. The topological polar surface area (TPSA) is 54.5 Å². The first-order chi connectivity index (χ1) is 10.1. The van der Waals surface area contributed by atoms with Crippen molar-refractivity contribution in [3.05, 3.63) is 53.7 Å². The van der Waals surface area contributed by atoms with E-state index in [2.05, 4.69) is 10.3 Å². The number of amides is 1. The van der Waals surface area contributed by atoms with Gasteiger partial charge < -0.3 is 15.0 Å². The number of benzene rings is 1. The predicted molar refractivity (Wildman–Crippen MR) is 82.6 cm³/mol. The molecule has 0 aliphatic carbocycles. The van der Waals surface area contributed by atoms with Gasteiger partial charge in [-0.2, -0.15) is 0 Å². The van der Waals surface area contributed by atoms with E-state index in [-0.39, 0.29) is 5.91 Å². The lowest BCUT2D eigenvalue weighted by atomic mass is 10.1. The molecular formula is C16H19N3O2. The molecule has 1 heterocycles. The Morgan fingerprint density at radius 3 is 2.71 bits per heavy atom. The van der Waals surface area contributed by atoms with Crippen LogP contribution in [0.25, 0.3) is 0 Å². The number of nitrogens with zero attached hydrogens (tertiary/aromatic N) is 2. The Balaban J connectivity index is 2.02. The number of ether oxygens (including phenoxy) is 1. The molecule has 110 valence electrons. The Labute approximate surface area is 124 Å². The molecule has 21 heavy (non-hydrogen) atoms. The second-order valence-electron chi connectivity index (χ2n) is 4.84. The first kappa shape index (κ1) is 14.8. The number of anilines is 1. The third kappa shape index (κ3) is 3.95. The molecule has 0 bridgehead atoms. The monoisotopic (exact) mass is 285 g/mol. The number of aromatic nitrogens is 1. The Bertz CT molecular complexity index is 609. The molecule has 0 aliphatic heterocycles. The van der Waals surface area contributed by atoms with E-state index >= 15 is 0 Å². The van der Waals surface area contributed by atoms with E-state index in [0.717, 1.165) is 11.3 Å². The van der Waals surface area contributed by atoms with E-state index in [1.165, 1.54) is 0 Å². The number of pyridine rings is 1. The molecule has 0 unspecified atom stereocenters. The van der Waals surface area contributed by atoms with Gasteiger partial charge in [-0.1, -0.05) is 12.1 Å². The fraction of sp³-hybridized carbons (Fsp3) is 0.250. The highest BCUT2D eigenvalue weighted by molar-refractivity contribution is 5.94. The average Bonchev–Trinajstić information content (AvgIpc) is 2.53. The van der Waals surface area contributed by atoms with Gasteiger partial charge in [0.1, 0.15) is 0 Å². The zero-order valence-electron chi connectivity index (χ0n) is 12.5. The number of carbonyl (C=O) groups excluding carboxylic acids is 1. The van der Waals surface area contributed by atoms with Crippen LogP contribution in [0, 0.1) is 0 Å². The number of hydrogen-bond donors (Lipinski definition) is 1. The predicted octanol–water partition coefficient (Wildman–Crippen LogP) is 2.40. The second kappa shape index (κ2) is 6.74. The lowest BCUT2D eigenvalue weighted by Crippen LogP contribution is -2.21. The van der Waals surface area contributed by atoms with E-state index in [1.54, 1.807) is 32.3 Å². The van der Waals surface area contributed by atoms with Crippen molar-refractivity contribution in [1.82, 2.24) is 9.88 Å². The van der Waals surface area contributed by atoms with Crippen molar-refractivity contribution in [2.45, 2.75) is 6.54 Å². The Hall–Kier alpha value is -2.56. The summed E-state index contributed by atoms with van der Waals surface area (Å²) in [5, 5.41) is 3.28. The molecule has 2 aromatic rings. The number of rotatable bonds is 5. The lowest BCUT2D eigenvalue weighted by Gasteiger charge is -2.12. The summed E-state index contributed by atoms with van der Waals surface area (Å²) in [5.74, 6) is 0.585. The molecule has 1 aromatic carbocycles. The van der Waals surface area contributed by atoms with Crippen LogP contribution < -0.4 is 10.1 Å². The number of methoxy groups -OCH3 is 1. The fourth-order valence-electron chi connectivity index (χ4n) is 1.86. The van der Waals surface area contributed by atoms with Gasteiger partial charge in [0.2, 0.25) is 5.88 Å². The van der Waals surface area contributed by atoms with E-state index < -0.39 is 0 Å². The molecule has 1 aromatic heterocycles. The van der Waals surface area contributed by atoms with E-state index in [1.807, 2.05) is 36.4 Å². The molecule has 1 N–H and O–H groups in total. The van der Waals surface area contributed by atoms with Crippen LogP contribution in [0.15, 0.2) is 42.6 Å². The maximum atomic E-state index is 11.9. The number of nitrogens with one attached hydrogen (secondary N) is 1. The summed E-state index contributed by atoms with van der Waals surface area (Å²) in [5.41, 5.74) is 2.61. The van der Waals surface area contributed by atoms with Gasteiger partial charge in [-0.25, -0.2) is 4.98 Å². The smallest absolute Gasteiger partial charge is 0.253 e. The molecule has 2 rings (SSSR count). The maximum Gasteiger partial charge on any atom is 0.253 e. The summed E-state index contributed by atoms with van der Waals surface area (Å²) in [6.07, 6.45) is 1.76. The van der Waals surface area contributed by atoms with Crippen molar-refractivity contribution in [3.63, 3.8) is 0 Å². The van der Waals surface area contributed by atoms with Crippen molar-refractivity contribution < 1.29 is 9.53 Å². The van der Waals surface area contributed by atoms with Crippen molar-refractivity contribution in [2.24, 2.45) is 0 Å². The molecule has 5 nitrogen and oxygen atoms in total. The number of hydrogen-bond acceptors (Lipinski definition) is 4. The van der Waals surface area contributed by atoms with Crippen LogP contribution in [0.5, 0.6) is 5.88 Å². The van der Waals surface area contributed by atoms with Gasteiger partial charge in [0.15, 0.2) is 0 Å². The largest absolute Gasteiger partial charge is 0.481 e. The molecule has 1 amide bonds. The maximum absolute atomic E-state index is 11.9. The molecular weight excluding hydrogens is 266 g/mol. The van der Waals surface area contributed by atoms with Crippen LogP contribution in [0.2, 0.25) is 0 Å². The summed E-state index contributed by atoms with van der Waals surface area (Å²) >= 11 is 0. The van der Waals surface area contributed by atoms with Crippen LogP contribution in [0.3, 0.4) is 0 Å². The van der Waals surface area contributed by atoms with Gasteiger partial charge in [0.05, 0.1) is 7.11 Å². The average molecular weight is 285 g/mol. The summed E-state index contributed by atoms with van der Waals surface area (Å²) in [7, 11) is 5.07. The summed E-state index contributed by atoms with van der Waals surface area (Å²) in [6.45, 7) is 0.636. The number of carbonyl (C=O) groups is 1. The standard InChI is InChI=1S/C16H19N3O2/c1-19(2)16(20)13-5-4-6-14(9-13)17-10-12-7-8-15(21-3)18-11-12/h4-9,11,17H,10H2,1-3H3. The first-order valence-corrected chi connectivity index (χ1v) is 6.64. The van der Waals surface area contributed by atoms with E-state index in [4.69, 9.17) is 4.74 Å². The van der Waals surface area contributed by atoms with Crippen LogP contribution in [0.4, 0.5) is 5.69 Å². The Morgan fingerprint density at radius 2 is 2.10 bits per heavy atom. The van der Waals surface area contributed by atoms with Crippen molar-refractivity contribution >= 4 is 11.6 Å². The van der Waals surface area contributed by atoms with E-state index in [9.17, 15) is 4.79 Å². The van der Waals surface area contributed by atoms with Gasteiger partial charge in [-0.3, -0.25) is 4.79 Å². The molecule has 0 spiro atoms. The van der Waals surface area contributed by atoms with Crippen molar-refractivity contribution in [1.29, 1.82) is 0 Å². The summed E-state index contributed by atoms with van der Waals surface area (Å²) in [4.78, 5) is 17.6. The Kier molecular flexibility index (Phi) is 4.77. The van der Waals surface area contributed by atoms with Gasteiger partial charge in [0.25, 0.3) is 5.91 Å². The minimum absolute atomic E-state index is 0.00948. The zero-order valence-corrected chi connectivity index (χ0v) is 12.5. The van der Waals surface area contributed by atoms with Gasteiger partial charge in [-0.05, 0) is 23.8 Å². The third-order valence-electron chi connectivity index (χ3n) is 3.02. The normalized spacial score (nSPS) is 10.0. The molecule has 0 atom stereocenters. The SMILES string of the molecule is COc1ccc(CNc2cccc(C(=O)N(C)C)c2)cn1. The molecule has 0 fully saturated rings. The highest BCUT2D eigenvalue weighted by atomic mass is 16.5. The molecule has 5 heteroatoms. The van der Waals surface area contributed by atoms with Gasteiger partial charge >= 0.3 is 0 Å². The lowest BCUT2D eigenvalue weighted by molar-refractivity contribution is 0.0827. The van der Waals surface area contributed by atoms with Crippen LogP contribution in [-0.2, 0) is 6.54 Å². The minimum Gasteiger partial charge on any atom is -0.481 e. The van der Waals surface area contributed by atoms with Crippen molar-refractivity contribution in [2.75, 3.05) is 26.5 Å². The highest BCUT2D eigenvalue weighted by Gasteiger charge is 2.07. The quantitative estimate of drug-likeness (QED) is 0.916. The Morgan fingerprint density at radius 1 is 1.29 bits per heavy atom. The highest BCUT2D eigenvalue weighted by Crippen LogP contribution is 2.14. The summed E-state index contributed by atoms with van der Waals surface area (Å²) < 4.78 is 5.02. The van der Waals surface area contributed by atoms with E-state index in [0.29, 0.717) is 18.0 Å². The van der Waals surface area contributed by atoms with Crippen LogP contribution >= 0.6 is 0 Å². The molecule has 0 saturated heterocycles. The first-order valence-electron chi connectivity index (χ1n) is 6.64. The van der Waals surface area contributed by atoms with Gasteiger partial charge in [-0.15, -0.1) is 0 Å². The van der Waals surface area contributed by atoms with Crippen LogP contribution in [-0.4, -0.2) is 37.0 Å². The second-order valence-corrected chi connectivity index (χ2v) is 4.84. The van der Waals surface area contributed by atoms with Crippen molar-refractivity contribution in [3.8, 4) is 5.88 Å². The molecule has 0 radical (unpaired) electrons. The third-order valence-corrected chi connectivity index (χ3v) is 3.02. The molecule has 0 saturated carbocycles. The fourth-order valence-corrected chi connectivity index (χ4v) is 1.86. The van der Waals surface area contributed by atoms with Crippen LogP contribution in [0.1, 0.15) is 15.9 Å². The van der Waals surface area contributed by atoms with Gasteiger partial charge in [0, 0.05) is 44.2 Å². The summed E-state index contributed by atoms with van der Waals surface area (Å²) in [6, 6.07) is 11.2. The minimum atomic E-state index is -0.00948. The molecule has 0 aliphatic rings.